The van der Waals surface area contributed by atoms with Gasteiger partial charge in [0.2, 0.25) is 0 Å². The van der Waals surface area contributed by atoms with Gasteiger partial charge in [-0.1, -0.05) is 24.3 Å². The van der Waals surface area contributed by atoms with Gasteiger partial charge in [0.15, 0.2) is 0 Å². The van der Waals surface area contributed by atoms with Gasteiger partial charge in [0.25, 0.3) is 5.91 Å². The highest BCUT2D eigenvalue weighted by molar-refractivity contribution is 9.10. The second kappa shape index (κ2) is 7.21. The van der Waals surface area contributed by atoms with Crippen molar-refractivity contribution in [2.75, 3.05) is 26.2 Å². The first-order chi connectivity index (χ1) is 12.6. The van der Waals surface area contributed by atoms with Gasteiger partial charge in [-0.3, -0.25) is 9.69 Å². The van der Waals surface area contributed by atoms with Crippen LogP contribution in [0.3, 0.4) is 0 Å². The van der Waals surface area contributed by atoms with Crippen LogP contribution in [0.2, 0.25) is 0 Å². The lowest BCUT2D eigenvalue weighted by molar-refractivity contribution is 0.0623. The molecule has 0 saturated carbocycles. The Morgan fingerprint density at radius 1 is 1.04 bits per heavy atom. The lowest BCUT2D eigenvalue weighted by atomic mass is 10.2. The van der Waals surface area contributed by atoms with Crippen LogP contribution in [0.25, 0.3) is 11.0 Å². The molecule has 1 aromatic heterocycles. The number of para-hydroxylation sites is 2. The molecule has 1 amide bonds. The fourth-order valence-electron chi connectivity index (χ4n) is 3.45. The van der Waals surface area contributed by atoms with Crippen molar-refractivity contribution in [3.63, 3.8) is 0 Å². The maximum atomic E-state index is 12.7. The van der Waals surface area contributed by atoms with E-state index >= 15 is 0 Å². The predicted molar refractivity (Wildman–Crippen MR) is 106 cm³/mol. The molecule has 0 spiro atoms. The standard InChI is InChI=1S/C20H21BrN4O/c1-23-18-9-5-4-8-17(18)22-19(23)14-24-10-12-25(13-11-24)20(26)15-6-2-3-7-16(15)21/h2-9H,10-14H2,1H3. The summed E-state index contributed by atoms with van der Waals surface area (Å²) >= 11 is 3.48. The van der Waals surface area contributed by atoms with E-state index in [1.165, 1.54) is 0 Å². The van der Waals surface area contributed by atoms with Crippen molar-refractivity contribution in [3.8, 4) is 0 Å². The van der Waals surface area contributed by atoms with E-state index in [-0.39, 0.29) is 5.91 Å². The largest absolute Gasteiger partial charge is 0.336 e. The van der Waals surface area contributed by atoms with Crippen molar-refractivity contribution >= 4 is 32.9 Å². The molecule has 26 heavy (non-hydrogen) atoms. The van der Waals surface area contributed by atoms with Crippen LogP contribution in [0.1, 0.15) is 16.2 Å². The smallest absolute Gasteiger partial charge is 0.255 e. The number of aryl methyl sites for hydroxylation is 1. The van der Waals surface area contributed by atoms with Crippen molar-refractivity contribution in [1.82, 2.24) is 19.4 Å². The molecule has 0 atom stereocenters. The average Bonchev–Trinajstić information content (AvgIpc) is 2.98. The molecule has 3 aromatic rings. The molecule has 2 aromatic carbocycles. The Morgan fingerprint density at radius 2 is 1.73 bits per heavy atom. The van der Waals surface area contributed by atoms with E-state index in [2.05, 4.69) is 38.5 Å². The molecule has 1 aliphatic rings. The van der Waals surface area contributed by atoms with E-state index in [9.17, 15) is 4.79 Å². The molecular formula is C20H21BrN4O. The normalized spacial score (nSPS) is 15.5. The minimum atomic E-state index is 0.0971. The second-order valence-corrected chi connectivity index (χ2v) is 7.48. The predicted octanol–water partition coefficient (Wildman–Crippen LogP) is 3.29. The van der Waals surface area contributed by atoms with Crippen LogP contribution in [-0.2, 0) is 13.6 Å². The van der Waals surface area contributed by atoms with Crippen LogP contribution in [0.15, 0.2) is 53.0 Å². The number of aromatic nitrogens is 2. The van der Waals surface area contributed by atoms with Gasteiger partial charge in [-0.15, -0.1) is 0 Å². The number of amides is 1. The Bertz CT molecular complexity index is 944. The lowest BCUT2D eigenvalue weighted by Gasteiger charge is -2.34. The van der Waals surface area contributed by atoms with E-state index in [0.29, 0.717) is 0 Å². The summed E-state index contributed by atoms with van der Waals surface area (Å²) in [6.07, 6.45) is 0. The summed E-state index contributed by atoms with van der Waals surface area (Å²) in [5.74, 6) is 1.16. The fraction of sp³-hybridized carbons (Fsp3) is 0.300. The van der Waals surface area contributed by atoms with Crippen LogP contribution in [0.5, 0.6) is 0 Å². The molecule has 0 N–H and O–H groups in total. The van der Waals surface area contributed by atoms with Crippen molar-refractivity contribution in [3.05, 3.63) is 64.4 Å². The van der Waals surface area contributed by atoms with Crippen molar-refractivity contribution in [1.29, 1.82) is 0 Å². The summed E-state index contributed by atoms with van der Waals surface area (Å²) in [6, 6.07) is 15.8. The average molecular weight is 413 g/mol. The maximum Gasteiger partial charge on any atom is 0.255 e. The first kappa shape index (κ1) is 17.2. The number of piperazine rings is 1. The van der Waals surface area contributed by atoms with Crippen LogP contribution >= 0.6 is 15.9 Å². The Hall–Kier alpha value is -2.18. The number of benzene rings is 2. The highest BCUT2D eigenvalue weighted by Gasteiger charge is 2.24. The first-order valence-electron chi connectivity index (χ1n) is 8.80. The lowest BCUT2D eigenvalue weighted by Crippen LogP contribution is -2.48. The van der Waals surface area contributed by atoms with Crippen LogP contribution < -0.4 is 0 Å². The molecule has 1 saturated heterocycles. The third kappa shape index (κ3) is 3.27. The molecule has 2 heterocycles. The van der Waals surface area contributed by atoms with E-state index in [1.54, 1.807) is 0 Å². The zero-order chi connectivity index (χ0) is 18.1. The number of halogens is 1. The summed E-state index contributed by atoms with van der Waals surface area (Å²) in [5, 5.41) is 0. The van der Waals surface area contributed by atoms with Crippen molar-refractivity contribution in [2.45, 2.75) is 6.54 Å². The Kier molecular flexibility index (Phi) is 4.78. The van der Waals surface area contributed by atoms with Crippen LogP contribution in [0.4, 0.5) is 0 Å². The minimum absolute atomic E-state index is 0.0971. The Morgan fingerprint density at radius 3 is 2.46 bits per heavy atom. The molecule has 1 fully saturated rings. The summed E-state index contributed by atoms with van der Waals surface area (Å²) in [4.78, 5) is 21.8. The van der Waals surface area contributed by atoms with Crippen LogP contribution in [-0.4, -0.2) is 51.4 Å². The van der Waals surface area contributed by atoms with E-state index in [4.69, 9.17) is 4.98 Å². The second-order valence-electron chi connectivity index (χ2n) is 6.62. The van der Waals surface area contributed by atoms with Gasteiger partial charge in [0.05, 0.1) is 23.1 Å². The van der Waals surface area contributed by atoms with E-state index < -0.39 is 0 Å². The molecule has 1 aliphatic heterocycles. The van der Waals surface area contributed by atoms with Gasteiger partial charge in [-0.25, -0.2) is 4.98 Å². The van der Waals surface area contributed by atoms with Gasteiger partial charge < -0.3 is 9.47 Å². The number of fused-ring (bicyclic) bond motifs is 1. The monoisotopic (exact) mass is 412 g/mol. The zero-order valence-electron chi connectivity index (χ0n) is 14.7. The third-order valence-electron chi connectivity index (χ3n) is 5.01. The molecule has 0 unspecified atom stereocenters. The molecule has 0 bridgehead atoms. The van der Waals surface area contributed by atoms with Gasteiger partial charge in [0, 0.05) is 37.7 Å². The highest BCUT2D eigenvalue weighted by atomic mass is 79.9. The van der Waals surface area contributed by atoms with Gasteiger partial charge >= 0.3 is 0 Å². The van der Waals surface area contributed by atoms with Gasteiger partial charge in [-0.05, 0) is 40.2 Å². The molecule has 4 rings (SSSR count). The number of hydrogen-bond acceptors (Lipinski definition) is 3. The SMILES string of the molecule is Cn1c(CN2CCN(C(=O)c3ccccc3Br)CC2)nc2ccccc21. The number of rotatable bonds is 3. The number of carbonyl (C=O) groups is 1. The number of hydrogen-bond donors (Lipinski definition) is 0. The molecule has 5 nitrogen and oxygen atoms in total. The quantitative estimate of drug-likeness (QED) is 0.662. The van der Waals surface area contributed by atoms with Crippen molar-refractivity contribution < 1.29 is 4.79 Å². The van der Waals surface area contributed by atoms with Gasteiger partial charge in [-0.2, -0.15) is 0 Å². The molecule has 0 radical (unpaired) electrons. The number of nitrogens with zero attached hydrogens (tertiary/aromatic N) is 4. The summed E-state index contributed by atoms with van der Waals surface area (Å²) in [7, 11) is 2.07. The van der Waals surface area contributed by atoms with Crippen LogP contribution in [0, 0.1) is 0 Å². The first-order valence-corrected chi connectivity index (χ1v) is 9.59. The van der Waals surface area contributed by atoms with E-state index in [0.717, 1.165) is 59.6 Å². The van der Waals surface area contributed by atoms with Gasteiger partial charge in [0.1, 0.15) is 5.82 Å². The Labute approximate surface area is 161 Å². The number of imidazole rings is 1. The highest BCUT2D eigenvalue weighted by Crippen LogP contribution is 2.20. The maximum absolute atomic E-state index is 12.7. The Balaban J connectivity index is 1.41. The molecular weight excluding hydrogens is 392 g/mol. The molecule has 0 aliphatic carbocycles. The molecule has 6 heteroatoms. The molecule has 134 valence electrons. The van der Waals surface area contributed by atoms with Crippen molar-refractivity contribution in [2.24, 2.45) is 7.05 Å². The minimum Gasteiger partial charge on any atom is -0.336 e. The summed E-state index contributed by atoms with van der Waals surface area (Å²) < 4.78 is 3.01. The summed E-state index contributed by atoms with van der Waals surface area (Å²) in [5.41, 5.74) is 2.93. The topological polar surface area (TPSA) is 41.4 Å². The fourth-order valence-corrected chi connectivity index (χ4v) is 3.91. The number of carbonyl (C=O) groups excluding carboxylic acids is 1. The third-order valence-corrected chi connectivity index (χ3v) is 5.70. The van der Waals surface area contributed by atoms with E-state index in [1.807, 2.05) is 47.4 Å². The zero-order valence-corrected chi connectivity index (χ0v) is 16.3. The summed E-state index contributed by atoms with van der Waals surface area (Å²) in [6.45, 7) is 4.01.